The highest BCUT2D eigenvalue weighted by Crippen LogP contribution is 2.28. The molecule has 94 valence electrons. The average Bonchev–Trinajstić information content (AvgIpc) is 2.58. The first-order chi connectivity index (χ1) is 8.08. The molecule has 2 atom stereocenters. The maximum Gasteiger partial charge on any atom is 0.343 e. The fourth-order valence-corrected chi connectivity index (χ4v) is 2.98. The van der Waals surface area contributed by atoms with Gasteiger partial charge in [-0.3, -0.25) is 0 Å². The normalized spacial score (nSPS) is 24.6. The SMILES string of the molecule is Cc1nsc(N)c1C(=O)OC1CCCC(C)C1. The molecular formula is C12H18N2O2S. The van der Waals surface area contributed by atoms with Crippen molar-refractivity contribution < 1.29 is 9.53 Å². The van der Waals surface area contributed by atoms with Gasteiger partial charge in [0.1, 0.15) is 16.7 Å². The fourth-order valence-electron chi connectivity index (χ4n) is 2.33. The minimum atomic E-state index is -0.312. The molecule has 0 radical (unpaired) electrons. The molecule has 2 rings (SSSR count). The molecule has 0 spiro atoms. The highest BCUT2D eigenvalue weighted by molar-refractivity contribution is 7.10. The lowest BCUT2D eigenvalue weighted by Crippen LogP contribution is -2.25. The number of carbonyl (C=O) groups is 1. The van der Waals surface area contributed by atoms with Gasteiger partial charge in [0.25, 0.3) is 0 Å². The average molecular weight is 254 g/mol. The van der Waals surface area contributed by atoms with Crippen LogP contribution in [-0.2, 0) is 4.74 Å². The monoisotopic (exact) mass is 254 g/mol. The van der Waals surface area contributed by atoms with Gasteiger partial charge < -0.3 is 10.5 Å². The van der Waals surface area contributed by atoms with Gasteiger partial charge in [-0.15, -0.1) is 0 Å². The zero-order valence-electron chi connectivity index (χ0n) is 10.2. The van der Waals surface area contributed by atoms with Crippen molar-refractivity contribution in [3.05, 3.63) is 11.3 Å². The molecule has 0 aromatic carbocycles. The van der Waals surface area contributed by atoms with Crippen LogP contribution in [0.2, 0.25) is 0 Å². The van der Waals surface area contributed by atoms with E-state index in [-0.39, 0.29) is 12.1 Å². The van der Waals surface area contributed by atoms with Gasteiger partial charge in [-0.2, -0.15) is 4.37 Å². The minimum absolute atomic E-state index is 0.0462. The highest BCUT2D eigenvalue weighted by Gasteiger charge is 2.25. The predicted octanol–water partition coefficient (Wildman–Crippen LogP) is 2.77. The molecule has 0 aliphatic heterocycles. The molecule has 1 aliphatic carbocycles. The number of esters is 1. The molecule has 4 nitrogen and oxygen atoms in total. The number of nitrogens with zero attached hydrogens (tertiary/aromatic N) is 1. The third-order valence-electron chi connectivity index (χ3n) is 3.26. The number of hydrogen-bond donors (Lipinski definition) is 1. The third-order valence-corrected chi connectivity index (χ3v) is 4.02. The van der Waals surface area contributed by atoms with E-state index in [0.717, 1.165) is 30.8 Å². The van der Waals surface area contributed by atoms with Gasteiger partial charge in [0.15, 0.2) is 0 Å². The number of hydrogen-bond acceptors (Lipinski definition) is 5. The van der Waals surface area contributed by atoms with Crippen LogP contribution in [0.1, 0.15) is 48.7 Å². The Hall–Kier alpha value is -1.10. The van der Waals surface area contributed by atoms with Gasteiger partial charge in [-0.1, -0.05) is 13.3 Å². The summed E-state index contributed by atoms with van der Waals surface area (Å²) in [6.45, 7) is 3.98. The quantitative estimate of drug-likeness (QED) is 0.824. The Bertz CT molecular complexity index is 397. The lowest BCUT2D eigenvalue weighted by molar-refractivity contribution is 0.0156. The van der Waals surface area contributed by atoms with Gasteiger partial charge in [0.05, 0.1) is 5.69 Å². The Morgan fingerprint density at radius 2 is 2.29 bits per heavy atom. The molecular weight excluding hydrogens is 236 g/mol. The van der Waals surface area contributed by atoms with Crippen molar-refractivity contribution in [2.24, 2.45) is 5.92 Å². The van der Waals surface area contributed by atoms with Crippen LogP contribution < -0.4 is 5.73 Å². The van der Waals surface area contributed by atoms with Gasteiger partial charge in [0.2, 0.25) is 0 Å². The summed E-state index contributed by atoms with van der Waals surface area (Å²) in [4.78, 5) is 12.0. The molecule has 17 heavy (non-hydrogen) atoms. The number of aromatic nitrogens is 1. The second-order valence-electron chi connectivity index (χ2n) is 4.81. The lowest BCUT2D eigenvalue weighted by atomic mass is 9.89. The smallest absolute Gasteiger partial charge is 0.343 e. The van der Waals surface area contributed by atoms with Crippen LogP contribution in [0.15, 0.2) is 0 Å². The molecule has 1 aliphatic rings. The van der Waals surface area contributed by atoms with E-state index in [1.165, 1.54) is 6.42 Å². The van der Waals surface area contributed by atoms with Gasteiger partial charge in [-0.25, -0.2) is 4.79 Å². The van der Waals surface area contributed by atoms with Crippen LogP contribution in [0.4, 0.5) is 5.00 Å². The largest absolute Gasteiger partial charge is 0.459 e. The van der Waals surface area contributed by atoms with Crippen molar-refractivity contribution >= 4 is 22.5 Å². The van der Waals surface area contributed by atoms with E-state index in [0.29, 0.717) is 22.2 Å². The summed E-state index contributed by atoms with van der Waals surface area (Å²) in [6.07, 6.45) is 4.34. The van der Waals surface area contributed by atoms with Crippen molar-refractivity contribution in [3.8, 4) is 0 Å². The Morgan fingerprint density at radius 3 is 2.88 bits per heavy atom. The maximum absolute atomic E-state index is 12.0. The number of nitrogens with two attached hydrogens (primary N) is 1. The van der Waals surface area contributed by atoms with Crippen molar-refractivity contribution in [2.45, 2.75) is 45.6 Å². The van der Waals surface area contributed by atoms with Crippen LogP contribution in [0.3, 0.4) is 0 Å². The van der Waals surface area contributed by atoms with Crippen LogP contribution in [0, 0.1) is 12.8 Å². The Kier molecular flexibility index (Phi) is 3.66. The van der Waals surface area contributed by atoms with Crippen LogP contribution >= 0.6 is 11.5 Å². The number of rotatable bonds is 2. The van der Waals surface area contributed by atoms with Gasteiger partial charge in [0, 0.05) is 0 Å². The molecule has 5 heteroatoms. The first-order valence-electron chi connectivity index (χ1n) is 6.00. The molecule has 0 bridgehead atoms. The van der Waals surface area contributed by atoms with Crippen molar-refractivity contribution in [1.29, 1.82) is 0 Å². The number of carbonyl (C=O) groups excluding carboxylic acids is 1. The number of anilines is 1. The van der Waals surface area contributed by atoms with Crippen LogP contribution in [0.5, 0.6) is 0 Å². The Labute approximate surface area is 105 Å². The van der Waals surface area contributed by atoms with E-state index in [9.17, 15) is 4.79 Å². The zero-order chi connectivity index (χ0) is 12.4. The van der Waals surface area contributed by atoms with Gasteiger partial charge in [-0.05, 0) is 43.6 Å². The van der Waals surface area contributed by atoms with Crippen molar-refractivity contribution in [2.75, 3.05) is 5.73 Å². The minimum Gasteiger partial charge on any atom is -0.459 e. The summed E-state index contributed by atoms with van der Waals surface area (Å²) < 4.78 is 9.58. The number of ether oxygens (including phenoxy) is 1. The molecule has 1 saturated carbocycles. The van der Waals surface area contributed by atoms with Crippen molar-refractivity contribution in [3.63, 3.8) is 0 Å². The van der Waals surface area contributed by atoms with E-state index >= 15 is 0 Å². The molecule has 0 amide bonds. The Morgan fingerprint density at radius 1 is 1.53 bits per heavy atom. The first-order valence-corrected chi connectivity index (χ1v) is 6.78. The van der Waals surface area contributed by atoms with Crippen LogP contribution in [0.25, 0.3) is 0 Å². The van der Waals surface area contributed by atoms with Crippen LogP contribution in [-0.4, -0.2) is 16.4 Å². The summed E-state index contributed by atoms with van der Waals surface area (Å²) in [5.74, 6) is 0.327. The van der Waals surface area contributed by atoms with E-state index in [1.54, 1.807) is 6.92 Å². The molecule has 2 unspecified atom stereocenters. The van der Waals surface area contributed by atoms with Crippen molar-refractivity contribution in [1.82, 2.24) is 4.37 Å². The summed E-state index contributed by atoms with van der Waals surface area (Å²) in [6, 6.07) is 0. The molecule has 1 aromatic heterocycles. The maximum atomic E-state index is 12.0. The summed E-state index contributed by atoms with van der Waals surface area (Å²) in [5, 5.41) is 0.455. The standard InChI is InChI=1S/C12H18N2O2S/c1-7-4-3-5-9(6-7)16-12(15)10-8(2)14-17-11(10)13/h7,9H,3-6,13H2,1-2H3. The second kappa shape index (κ2) is 5.04. The Balaban J connectivity index is 2.02. The first kappa shape index (κ1) is 12.4. The fraction of sp³-hybridized carbons (Fsp3) is 0.667. The molecule has 2 N–H and O–H groups in total. The summed E-state index contributed by atoms with van der Waals surface area (Å²) in [5.41, 5.74) is 6.85. The number of aryl methyl sites for hydroxylation is 1. The molecule has 1 heterocycles. The topological polar surface area (TPSA) is 65.2 Å². The summed E-state index contributed by atoms with van der Waals surface area (Å²) in [7, 11) is 0. The predicted molar refractivity (Wildman–Crippen MR) is 68.1 cm³/mol. The van der Waals surface area contributed by atoms with E-state index in [2.05, 4.69) is 11.3 Å². The van der Waals surface area contributed by atoms with E-state index in [1.807, 2.05) is 0 Å². The number of nitrogen functional groups attached to an aromatic ring is 1. The van der Waals surface area contributed by atoms with E-state index < -0.39 is 0 Å². The zero-order valence-corrected chi connectivity index (χ0v) is 11.0. The highest BCUT2D eigenvalue weighted by atomic mass is 32.1. The van der Waals surface area contributed by atoms with E-state index in [4.69, 9.17) is 10.5 Å². The molecule has 0 saturated heterocycles. The lowest BCUT2D eigenvalue weighted by Gasteiger charge is -2.26. The third kappa shape index (κ3) is 2.77. The second-order valence-corrected chi connectivity index (χ2v) is 5.61. The summed E-state index contributed by atoms with van der Waals surface area (Å²) >= 11 is 1.15. The molecule has 1 fully saturated rings. The molecule has 1 aromatic rings. The van der Waals surface area contributed by atoms with Gasteiger partial charge >= 0.3 is 5.97 Å².